The van der Waals surface area contributed by atoms with E-state index in [1.165, 1.54) is 20.8 Å². The van der Waals surface area contributed by atoms with Crippen LogP contribution in [0.5, 0.6) is 0 Å². The fraction of sp³-hybridized carbons (Fsp3) is 0.741. The predicted octanol–water partition coefficient (Wildman–Crippen LogP) is 0.498. The zero-order valence-electron chi connectivity index (χ0n) is 24.4. The Kier molecular flexibility index (Phi) is 8.01. The van der Waals surface area contributed by atoms with Crippen LogP contribution in [0.15, 0.2) is 0 Å². The van der Waals surface area contributed by atoms with Crippen LogP contribution in [-0.4, -0.2) is 112 Å². The van der Waals surface area contributed by atoms with Gasteiger partial charge >= 0.3 is 18.0 Å². The third kappa shape index (κ3) is 6.28. The second-order valence-electron chi connectivity index (χ2n) is 13.4. The molecule has 0 aromatic rings. The number of rotatable bonds is 7. The van der Waals surface area contributed by atoms with Gasteiger partial charge in [0.1, 0.15) is 12.1 Å². The number of carbonyl (C=O) groups excluding carboxylic acids is 6. The number of halogens is 5. The second-order valence-corrected chi connectivity index (χ2v) is 13.4. The number of ketones is 1. The molecule has 3 heterocycles. The molecule has 3 aliphatic heterocycles. The van der Waals surface area contributed by atoms with Gasteiger partial charge < -0.3 is 20.4 Å². The average Bonchev–Trinajstić information content (AvgIpc) is 3.21. The summed E-state index contributed by atoms with van der Waals surface area (Å²) in [6.45, 7) is 6.22. The normalized spacial score (nSPS) is 28.1. The first kappa shape index (κ1) is 32.5. The molecule has 238 valence electrons. The van der Waals surface area contributed by atoms with E-state index in [1.54, 1.807) is 5.32 Å². The van der Waals surface area contributed by atoms with Crippen molar-refractivity contribution in [3.05, 3.63) is 0 Å². The number of alkyl halides is 5. The Labute approximate surface area is 244 Å². The standard InChI is InChI=1S/C27H34F5N5O6/c1-24(2,3)19(34-23(43)27(30,31)32)22(42)37-9-13-16(25(13,4)5)17(37)20(40)33-14(10-35-8-6-7-15(35)38)18(39)21(41)36-11-26(28,29)12-36/h10,13-14,16-17,19H,6-9,11-12H2,1-5H3,(H-,33,34,40,43)/p+1/t13-,14-,16-,17-,19+/m0/s1. The van der Waals surface area contributed by atoms with Gasteiger partial charge in [-0.2, -0.15) is 17.7 Å². The van der Waals surface area contributed by atoms with Crippen molar-refractivity contribution in [3.8, 4) is 0 Å². The molecule has 43 heavy (non-hydrogen) atoms. The minimum Gasteiger partial charge on any atom is -0.336 e. The van der Waals surface area contributed by atoms with Crippen molar-refractivity contribution in [2.24, 2.45) is 22.7 Å². The lowest BCUT2D eigenvalue weighted by molar-refractivity contribution is -0.429. The molecule has 1 aliphatic carbocycles. The van der Waals surface area contributed by atoms with Gasteiger partial charge in [0.15, 0.2) is 18.8 Å². The Morgan fingerprint density at radius 3 is 2.14 bits per heavy atom. The van der Waals surface area contributed by atoms with Crippen molar-refractivity contribution in [1.29, 1.82) is 0 Å². The number of piperidine rings is 1. The average molecular weight is 621 g/mol. The summed E-state index contributed by atoms with van der Waals surface area (Å²) >= 11 is 0. The molecule has 0 aromatic carbocycles. The summed E-state index contributed by atoms with van der Waals surface area (Å²) in [5.41, 5.74) is -1.66. The van der Waals surface area contributed by atoms with Crippen LogP contribution in [0, 0.1) is 22.7 Å². The van der Waals surface area contributed by atoms with Gasteiger partial charge in [0.25, 0.3) is 17.6 Å². The molecular formula is C27H35F5N5O6+. The number of nitrogens with one attached hydrogen (secondary N) is 2. The summed E-state index contributed by atoms with van der Waals surface area (Å²) in [6, 6.07) is -4.70. The molecule has 0 radical (unpaired) electrons. The minimum atomic E-state index is -5.26. The zero-order valence-corrected chi connectivity index (χ0v) is 24.4. The van der Waals surface area contributed by atoms with Gasteiger partial charge in [-0.3, -0.25) is 24.0 Å². The first-order valence-corrected chi connectivity index (χ1v) is 13.9. The Morgan fingerprint density at radius 1 is 1.05 bits per heavy atom. The number of carbonyl (C=O) groups is 6. The molecule has 16 heteroatoms. The first-order chi connectivity index (χ1) is 19.6. The molecule has 5 amide bonds. The maximum atomic E-state index is 13.8. The van der Waals surface area contributed by atoms with Crippen LogP contribution in [0.1, 0.15) is 47.5 Å². The second kappa shape index (κ2) is 10.6. The van der Waals surface area contributed by atoms with Crippen LogP contribution < -0.4 is 10.6 Å². The molecule has 0 bridgehead atoms. The van der Waals surface area contributed by atoms with Gasteiger partial charge in [-0.15, -0.1) is 0 Å². The minimum absolute atomic E-state index is 0.0161. The van der Waals surface area contributed by atoms with Crippen molar-refractivity contribution in [2.75, 3.05) is 26.2 Å². The molecule has 0 aromatic heterocycles. The highest BCUT2D eigenvalue weighted by atomic mass is 19.4. The smallest absolute Gasteiger partial charge is 0.336 e. The summed E-state index contributed by atoms with van der Waals surface area (Å²) in [5, 5.41) is 4.14. The van der Waals surface area contributed by atoms with E-state index in [1.807, 2.05) is 13.8 Å². The van der Waals surface area contributed by atoms with Crippen LogP contribution in [0.3, 0.4) is 0 Å². The fourth-order valence-corrected chi connectivity index (χ4v) is 6.20. The number of hydrogen-bond acceptors (Lipinski definition) is 6. The summed E-state index contributed by atoms with van der Waals surface area (Å²) in [6.07, 6.45) is -3.63. The van der Waals surface area contributed by atoms with Crippen molar-refractivity contribution in [1.82, 2.24) is 20.4 Å². The maximum Gasteiger partial charge on any atom is 0.471 e. The molecule has 4 aliphatic rings. The zero-order chi connectivity index (χ0) is 32.4. The number of fused-ring (bicyclic) bond motifs is 1. The van der Waals surface area contributed by atoms with E-state index in [9.17, 15) is 50.7 Å². The number of Topliss-reactive ketones (excluding diaryl/α,β-unsaturated/α-hetero) is 1. The van der Waals surface area contributed by atoms with Crippen LogP contribution >= 0.6 is 0 Å². The van der Waals surface area contributed by atoms with Gasteiger partial charge in [0.05, 0.1) is 19.5 Å². The highest BCUT2D eigenvalue weighted by molar-refractivity contribution is 6.41. The van der Waals surface area contributed by atoms with E-state index in [0.29, 0.717) is 11.3 Å². The molecule has 1 saturated carbocycles. The van der Waals surface area contributed by atoms with Crippen LogP contribution in [0.25, 0.3) is 0 Å². The van der Waals surface area contributed by atoms with Gasteiger partial charge in [0.2, 0.25) is 11.8 Å². The Morgan fingerprint density at radius 2 is 1.65 bits per heavy atom. The summed E-state index contributed by atoms with van der Waals surface area (Å²) in [4.78, 5) is 79.1. The quantitative estimate of drug-likeness (QED) is 0.242. The Bertz CT molecular complexity index is 1280. The molecular weight excluding hydrogens is 585 g/mol. The number of amides is 5. The van der Waals surface area contributed by atoms with Crippen molar-refractivity contribution in [2.45, 2.75) is 77.7 Å². The molecule has 3 saturated heterocycles. The number of nitrogens with zero attached hydrogens (tertiary/aromatic N) is 3. The lowest BCUT2D eigenvalue weighted by Gasteiger charge is -2.38. The number of hydrogen-bond donors (Lipinski definition) is 2. The van der Waals surface area contributed by atoms with Gasteiger partial charge in [-0.05, 0) is 22.7 Å². The third-order valence-corrected chi connectivity index (χ3v) is 8.77. The highest BCUT2D eigenvalue weighted by Gasteiger charge is 2.70. The van der Waals surface area contributed by atoms with Crippen molar-refractivity contribution in [3.63, 3.8) is 0 Å². The van der Waals surface area contributed by atoms with E-state index in [2.05, 4.69) is 5.32 Å². The highest BCUT2D eigenvalue weighted by Crippen LogP contribution is 2.65. The summed E-state index contributed by atoms with van der Waals surface area (Å²) in [7, 11) is 0. The SMILES string of the molecule is CC(C)(C)[C@H](NC(=O)C(F)(F)F)C(=O)N1C[C@H]2[C@@H]([C@H]1C(=O)N[C@@H](C=[N+]1CCCC1=O)C(=O)C(=O)N1CC(F)(F)C1)C2(C)C. The summed E-state index contributed by atoms with van der Waals surface area (Å²) < 4.78 is 67.2. The topological polar surface area (TPSA) is 136 Å². The molecule has 2 N–H and O–H groups in total. The lowest BCUT2D eigenvalue weighted by Crippen LogP contribution is -2.64. The van der Waals surface area contributed by atoms with E-state index >= 15 is 0 Å². The molecule has 11 nitrogen and oxygen atoms in total. The van der Waals surface area contributed by atoms with Crippen LogP contribution in [0.2, 0.25) is 0 Å². The van der Waals surface area contributed by atoms with Gasteiger partial charge in [-0.25, -0.2) is 13.6 Å². The number of likely N-dealkylation sites (tertiary alicyclic amines) is 2. The molecule has 4 fully saturated rings. The Balaban J connectivity index is 1.62. The van der Waals surface area contributed by atoms with E-state index in [4.69, 9.17) is 0 Å². The lowest BCUT2D eigenvalue weighted by atomic mass is 9.85. The van der Waals surface area contributed by atoms with Gasteiger partial charge in [0, 0.05) is 13.0 Å². The first-order valence-electron chi connectivity index (χ1n) is 13.9. The van der Waals surface area contributed by atoms with E-state index in [0.717, 1.165) is 15.7 Å². The fourth-order valence-electron chi connectivity index (χ4n) is 6.20. The molecule has 5 atom stereocenters. The maximum absolute atomic E-state index is 13.8. The largest absolute Gasteiger partial charge is 0.471 e. The van der Waals surface area contributed by atoms with E-state index < -0.39 is 89.5 Å². The van der Waals surface area contributed by atoms with Crippen molar-refractivity contribution < 1.29 is 55.3 Å². The van der Waals surface area contributed by atoms with Gasteiger partial charge in [-0.1, -0.05) is 34.6 Å². The summed E-state index contributed by atoms with van der Waals surface area (Å²) in [5.74, 6) is -11.0. The molecule has 0 unspecified atom stereocenters. The van der Waals surface area contributed by atoms with E-state index in [-0.39, 0.29) is 31.3 Å². The third-order valence-electron chi connectivity index (χ3n) is 8.77. The van der Waals surface area contributed by atoms with Crippen LogP contribution in [0.4, 0.5) is 22.0 Å². The predicted molar refractivity (Wildman–Crippen MR) is 138 cm³/mol. The van der Waals surface area contributed by atoms with Crippen molar-refractivity contribution >= 4 is 41.5 Å². The monoisotopic (exact) mass is 620 g/mol. The van der Waals surface area contributed by atoms with Crippen LogP contribution in [-0.2, 0) is 28.8 Å². The molecule has 4 rings (SSSR count). The Hall–Kier alpha value is -3.46. The molecule has 0 spiro atoms.